The molecule has 0 aromatic carbocycles. The molecule has 1 saturated heterocycles. The average molecular weight is 436 g/mol. The number of carbonyl (C=O) groups is 1. The molecular formula is C21H29FN4O5. The summed E-state index contributed by atoms with van der Waals surface area (Å²) >= 11 is 0. The van der Waals surface area contributed by atoms with Gasteiger partial charge in [-0.3, -0.25) is 9.88 Å². The van der Waals surface area contributed by atoms with E-state index in [9.17, 15) is 19.4 Å². The maximum Gasteiger partial charge on any atom is 0.407 e. The third kappa shape index (κ3) is 5.38. The van der Waals surface area contributed by atoms with Gasteiger partial charge >= 0.3 is 6.09 Å². The minimum Gasteiger partial charge on any atom is -0.481 e. The van der Waals surface area contributed by atoms with Crippen LogP contribution in [0.15, 0.2) is 18.3 Å². The van der Waals surface area contributed by atoms with Crippen LogP contribution in [-0.4, -0.2) is 87.6 Å². The second-order valence-electron chi connectivity index (χ2n) is 8.57. The highest BCUT2D eigenvalue weighted by atomic mass is 19.1. The molecule has 170 valence electrons. The van der Waals surface area contributed by atoms with Gasteiger partial charge in [-0.1, -0.05) is 0 Å². The van der Waals surface area contributed by atoms with E-state index >= 15 is 0 Å². The summed E-state index contributed by atoms with van der Waals surface area (Å²) in [5, 5.41) is 20.4. The molecule has 2 N–H and O–H groups in total. The quantitative estimate of drug-likeness (QED) is 0.710. The molecule has 10 heteroatoms. The fraction of sp³-hybridized carbons (Fsp3) is 0.571. The number of amides is 1. The zero-order valence-electron chi connectivity index (χ0n) is 18.2. The van der Waals surface area contributed by atoms with Gasteiger partial charge in [-0.25, -0.2) is 14.2 Å². The predicted molar refractivity (Wildman–Crippen MR) is 112 cm³/mol. The fourth-order valence-electron chi connectivity index (χ4n) is 3.71. The number of hydrogen-bond acceptors (Lipinski definition) is 7. The Morgan fingerprint density at radius 3 is 2.84 bits per heavy atom. The van der Waals surface area contributed by atoms with E-state index in [1.54, 1.807) is 12.1 Å². The minimum absolute atomic E-state index is 0.0637. The molecule has 3 rings (SSSR count). The fourth-order valence-corrected chi connectivity index (χ4v) is 3.71. The van der Waals surface area contributed by atoms with Gasteiger partial charge in [-0.2, -0.15) is 0 Å². The molecule has 2 aromatic rings. The zero-order chi connectivity index (χ0) is 22.8. The Kier molecular flexibility index (Phi) is 6.93. The van der Waals surface area contributed by atoms with Crippen molar-refractivity contribution in [3.63, 3.8) is 0 Å². The molecule has 0 spiro atoms. The van der Waals surface area contributed by atoms with Crippen LogP contribution in [-0.2, 0) is 4.74 Å². The molecule has 31 heavy (non-hydrogen) atoms. The first kappa shape index (κ1) is 23.1. The summed E-state index contributed by atoms with van der Waals surface area (Å²) in [6.07, 6.45) is -1.44. The number of β-amino-alcohol motifs (C(OH)–C–C–N with tert-alkyl or cyclic N) is 1. The van der Waals surface area contributed by atoms with Crippen molar-refractivity contribution in [1.82, 2.24) is 19.8 Å². The summed E-state index contributed by atoms with van der Waals surface area (Å²) in [7, 11) is 1.46. The minimum atomic E-state index is -1.15. The van der Waals surface area contributed by atoms with Gasteiger partial charge < -0.3 is 24.6 Å². The van der Waals surface area contributed by atoms with E-state index in [0.717, 1.165) is 6.20 Å². The summed E-state index contributed by atoms with van der Waals surface area (Å²) in [4.78, 5) is 23.2. The largest absolute Gasteiger partial charge is 0.481 e. The number of aliphatic hydroxyl groups excluding tert-OH is 1. The van der Waals surface area contributed by atoms with Crippen molar-refractivity contribution in [2.75, 3.05) is 39.9 Å². The number of rotatable bonds is 6. The Balaban J connectivity index is 1.75. The monoisotopic (exact) mass is 436 g/mol. The van der Waals surface area contributed by atoms with E-state index in [2.05, 4.69) is 9.97 Å². The Morgan fingerprint density at radius 2 is 2.19 bits per heavy atom. The van der Waals surface area contributed by atoms with Crippen LogP contribution in [0.2, 0.25) is 0 Å². The first-order valence-corrected chi connectivity index (χ1v) is 10.1. The van der Waals surface area contributed by atoms with E-state index < -0.39 is 23.6 Å². The summed E-state index contributed by atoms with van der Waals surface area (Å²) in [6.45, 7) is 7.17. The molecule has 0 saturated carbocycles. The van der Waals surface area contributed by atoms with Crippen LogP contribution in [0.1, 0.15) is 32.4 Å². The van der Waals surface area contributed by atoms with Crippen molar-refractivity contribution < 1.29 is 28.9 Å². The zero-order valence-corrected chi connectivity index (χ0v) is 18.2. The molecule has 0 bridgehead atoms. The molecule has 1 unspecified atom stereocenters. The van der Waals surface area contributed by atoms with Crippen LogP contribution < -0.4 is 4.74 Å². The number of halogens is 1. The second kappa shape index (κ2) is 9.29. The van der Waals surface area contributed by atoms with Gasteiger partial charge in [0.2, 0.25) is 5.88 Å². The van der Waals surface area contributed by atoms with E-state index in [0.29, 0.717) is 31.1 Å². The summed E-state index contributed by atoms with van der Waals surface area (Å²) in [5.41, 5.74) is 0.203. The normalized spacial score (nSPS) is 18.7. The number of morpholine rings is 1. The van der Waals surface area contributed by atoms with Crippen LogP contribution in [0.25, 0.3) is 11.0 Å². The van der Waals surface area contributed by atoms with Gasteiger partial charge in [-0.15, -0.1) is 0 Å². The topological polar surface area (TPSA) is 108 Å². The number of methoxy groups -OCH3 is 1. The van der Waals surface area contributed by atoms with Gasteiger partial charge in [0, 0.05) is 36.8 Å². The van der Waals surface area contributed by atoms with Crippen molar-refractivity contribution in [2.45, 2.75) is 38.5 Å². The lowest BCUT2D eigenvalue weighted by atomic mass is 10.0. The summed E-state index contributed by atoms with van der Waals surface area (Å²) in [6, 6.07) is 3.29. The molecule has 1 amide bonds. The maximum absolute atomic E-state index is 14.6. The standard InChI is InChI=1S/C21H29FN4O5/c1-21(2,3)26(20(28)29)11-13-10-25(7-8-31-13)12-16(27)18-14(22)9-23-15-5-6-17(30-4)24-19(15)18/h5-6,9,13,16,27H,7-8,10-12H2,1-4H3,(H,28,29)/t13-,16?/m1/s1. The van der Waals surface area contributed by atoms with Crippen LogP contribution >= 0.6 is 0 Å². The SMILES string of the molecule is COc1ccc2ncc(F)c(C(O)CN3CCO[C@@H](CN(C(=O)O)C(C)(C)C)C3)c2n1. The number of hydrogen-bond donors (Lipinski definition) is 2. The highest BCUT2D eigenvalue weighted by molar-refractivity contribution is 5.78. The number of nitrogens with zero attached hydrogens (tertiary/aromatic N) is 4. The first-order chi connectivity index (χ1) is 14.6. The number of aliphatic hydroxyl groups is 1. The molecule has 1 fully saturated rings. The van der Waals surface area contributed by atoms with E-state index in [1.807, 2.05) is 25.7 Å². The van der Waals surface area contributed by atoms with E-state index in [-0.39, 0.29) is 30.3 Å². The molecule has 2 atom stereocenters. The lowest BCUT2D eigenvalue weighted by Gasteiger charge is -2.39. The lowest BCUT2D eigenvalue weighted by Crippen LogP contribution is -2.54. The first-order valence-electron chi connectivity index (χ1n) is 10.1. The number of carboxylic acid groups (broad SMARTS) is 1. The molecule has 1 aliphatic rings. The van der Waals surface area contributed by atoms with Gasteiger partial charge in [0.05, 0.1) is 44.2 Å². The summed E-state index contributed by atoms with van der Waals surface area (Å²) < 4.78 is 25.5. The van der Waals surface area contributed by atoms with Gasteiger partial charge in [0.15, 0.2) is 0 Å². The highest BCUT2D eigenvalue weighted by Gasteiger charge is 2.32. The van der Waals surface area contributed by atoms with Gasteiger partial charge in [0.25, 0.3) is 0 Å². The van der Waals surface area contributed by atoms with Crippen LogP contribution in [0, 0.1) is 5.82 Å². The Hall–Kier alpha value is -2.56. The molecule has 0 aliphatic carbocycles. The molecule has 1 aliphatic heterocycles. The molecule has 3 heterocycles. The van der Waals surface area contributed by atoms with E-state index in [4.69, 9.17) is 9.47 Å². The Bertz CT molecular complexity index is 936. The number of fused-ring (bicyclic) bond motifs is 1. The van der Waals surface area contributed by atoms with Crippen LogP contribution in [0.5, 0.6) is 5.88 Å². The van der Waals surface area contributed by atoms with Crippen molar-refractivity contribution in [3.8, 4) is 5.88 Å². The smallest absolute Gasteiger partial charge is 0.407 e. The van der Waals surface area contributed by atoms with E-state index in [1.165, 1.54) is 12.0 Å². The third-order valence-electron chi connectivity index (χ3n) is 5.30. The average Bonchev–Trinajstić information content (AvgIpc) is 2.70. The number of aromatic nitrogens is 2. The van der Waals surface area contributed by atoms with Crippen molar-refractivity contribution in [3.05, 3.63) is 29.7 Å². The lowest BCUT2D eigenvalue weighted by molar-refractivity contribution is -0.0592. The molecule has 0 radical (unpaired) electrons. The van der Waals surface area contributed by atoms with Crippen LogP contribution in [0.4, 0.5) is 9.18 Å². The third-order valence-corrected chi connectivity index (χ3v) is 5.30. The van der Waals surface area contributed by atoms with Crippen LogP contribution in [0.3, 0.4) is 0 Å². The maximum atomic E-state index is 14.6. The van der Waals surface area contributed by atoms with Crippen molar-refractivity contribution >= 4 is 17.1 Å². The Labute approximate surface area is 180 Å². The van der Waals surface area contributed by atoms with Gasteiger partial charge in [0.1, 0.15) is 11.3 Å². The van der Waals surface area contributed by atoms with Crippen molar-refractivity contribution in [1.29, 1.82) is 0 Å². The number of ether oxygens (including phenoxy) is 2. The Morgan fingerprint density at radius 1 is 1.45 bits per heavy atom. The molecular weight excluding hydrogens is 407 g/mol. The highest BCUT2D eigenvalue weighted by Crippen LogP contribution is 2.27. The second-order valence-corrected chi connectivity index (χ2v) is 8.57. The molecule has 9 nitrogen and oxygen atoms in total. The van der Waals surface area contributed by atoms with Crippen molar-refractivity contribution in [2.24, 2.45) is 0 Å². The summed E-state index contributed by atoms with van der Waals surface area (Å²) in [5.74, 6) is -0.342. The predicted octanol–water partition coefficient (Wildman–Crippen LogP) is 2.29. The molecule has 2 aromatic heterocycles. The van der Waals surface area contributed by atoms with Gasteiger partial charge in [-0.05, 0) is 26.8 Å². The number of pyridine rings is 2.